The highest BCUT2D eigenvalue weighted by atomic mass is 32.2. The molecule has 0 spiro atoms. The number of hydrogen-bond donors (Lipinski definition) is 3. The lowest BCUT2D eigenvalue weighted by Crippen LogP contribution is -2.29. The predicted molar refractivity (Wildman–Crippen MR) is 121 cm³/mol. The normalized spacial score (nSPS) is 12.6. The topological polar surface area (TPSA) is 114 Å². The van der Waals surface area contributed by atoms with Gasteiger partial charge in [0.05, 0.1) is 17.6 Å². The van der Waals surface area contributed by atoms with Gasteiger partial charge in [-0.25, -0.2) is 13.6 Å². The molecule has 9 heteroatoms. The third kappa shape index (κ3) is 4.34. The Morgan fingerprint density at radius 2 is 2.00 bits per heavy atom. The van der Waals surface area contributed by atoms with Gasteiger partial charge in [-0.15, -0.1) is 11.3 Å². The lowest BCUT2D eigenvalue weighted by molar-refractivity contribution is 0.0949. The number of benzene rings is 2. The van der Waals surface area contributed by atoms with Crippen molar-refractivity contribution in [2.24, 2.45) is 5.14 Å². The average molecular weight is 456 g/mol. The number of fused-ring (bicyclic) bond motifs is 1. The fourth-order valence-electron chi connectivity index (χ4n) is 3.57. The molecular formula is C22H21N3O4S2. The number of H-pyrrole nitrogens is 1. The molecule has 0 radical (unpaired) electrons. The lowest BCUT2D eigenvalue weighted by atomic mass is 9.96. The zero-order chi connectivity index (χ0) is 22.0. The zero-order valence-corrected chi connectivity index (χ0v) is 18.3. The summed E-state index contributed by atoms with van der Waals surface area (Å²) >= 11 is 1.61. The zero-order valence-electron chi connectivity index (χ0n) is 16.7. The first-order valence-corrected chi connectivity index (χ1v) is 11.9. The Labute approximate surface area is 183 Å². The van der Waals surface area contributed by atoms with Gasteiger partial charge in [0, 0.05) is 34.4 Å². The minimum atomic E-state index is -3.95. The molecule has 31 heavy (non-hydrogen) atoms. The van der Waals surface area contributed by atoms with Gasteiger partial charge in [-0.1, -0.05) is 24.3 Å². The number of carbonyl (C=O) groups is 1. The third-order valence-corrected chi connectivity index (χ3v) is 6.99. The van der Waals surface area contributed by atoms with E-state index < -0.39 is 15.9 Å². The van der Waals surface area contributed by atoms with E-state index in [2.05, 4.69) is 10.3 Å². The van der Waals surface area contributed by atoms with Gasteiger partial charge in [0.15, 0.2) is 0 Å². The number of nitrogens with one attached hydrogen (secondary N) is 2. The van der Waals surface area contributed by atoms with Crippen molar-refractivity contribution in [1.29, 1.82) is 0 Å². The summed E-state index contributed by atoms with van der Waals surface area (Å²) in [6, 6.07) is 16.0. The molecule has 1 unspecified atom stereocenters. The van der Waals surface area contributed by atoms with E-state index in [4.69, 9.17) is 9.88 Å². The quantitative estimate of drug-likeness (QED) is 0.396. The number of para-hydroxylation sites is 1. The number of sulfonamides is 1. The SMILES string of the molecule is COc1ccc(S(N)(=O)=O)cc1C(=O)NCC(c1cccs1)c1c[nH]c2ccccc12. The van der Waals surface area contributed by atoms with E-state index in [1.807, 2.05) is 48.0 Å². The van der Waals surface area contributed by atoms with Crippen LogP contribution in [0.5, 0.6) is 5.75 Å². The Balaban J connectivity index is 1.65. The Morgan fingerprint density at radius 1 is 1.19 bits per heavy atom. The minimum absolute atomic E-state index is 0.0764. The summed E-state index contributed by atoms with van der Waals surface area (Å²) in [5.74, 6) is -0.249. The highest BCUT2D eigenvalue weighted by Gasteiger charge is 2.22. The van der Waals surface area contributed by atoms with Gasteiger partial charge in [-0.05, 0) is 41.3 Å². The van der Waals surface area contributed by atoms with Crippen molar-refractivity contribution in [3.63, 3.8) is 0 Å². The highest BCUT2D eigenvalue weighted by molar-refractivity contribution is 7.89. The smallest absolute Gasteiger partial charge is 0.255 e. The summed E-state index contributed by atoms with van der Waals surface area (Å²) < 4.78 is 28.7. The van der Waals surface area contributed by atoms with Crippen LogP contribution in [0.4, 0.5) is 0 Å². The van der Waals surface area contributed by atoms with Gasteiger partial charge in [-0.2, -0.15) is 0 Å². The number of aromatic nitrogens is 1. The Hall–Kier alpha value is -3.14. The van der Waals surface area contributed by atoms with Crippen LogP contribution in [-0.2, 0) is 10.0 Å². The first-order chi connectivity index (χ1) is 14.9. The maximum atomic E-state index is 13.0. The van der Waals surface area contributed by atoms with Crippen LogP contribution in [0.1, 0.15) is 26.7 Å². The fraction of sp³-hybridized carbons (Fsp3) is 0.136. The van der Waals surface area contributed by atoms with Crippen molar-refractivity contribution in [2.75, 3.05) is 13.7 Å². The Morgan fingerprint density at radius 3 is 2.71 bits per heavy atom. The molecule has 4 N–H and O–H groups in total. The van der Waals surface area contributed by atoms with Crippen molar-refractivity contribution in [3.8, 4) is 5.75 Å². The molecule has 0 aliphatic rings. The molecule has 4 aromatic rings. The van der Waals surface area contributed by atoms with Gasteiger partial charge in [-0.3, -0.25) is 4.79 Å². The molecule has 2 heterocycles. The highest BCUT2D eigenvalue weighted by Crippen LogP contribution is 2.33. The number of nitrogens with two attached hydrogens (primary N) is 1. The minimum Gasteiger partial charge on any atom is -0.496 e. The third-order valence-electron chi connectivity index (χ3n) is 5.09. The van der Waals surface area contributed by atoms with Crippen molar-refractivity contribution in [2.45, 2.75) is 10.8 Å². The summed E-state index contributed by atoms with van der Waals surface area (Å²) in [6.45, 7) is 0.323. The number of rotatable bonds is 7. The van der Waals surface area contributed by atoms with Gasteiger partial charge in [0.2, 0.25) is 10.0 Å². The van der Waals surface area contributed by atoms with E-state index in [0.29, 0.717) is 6.54 Å². The first-order valence-electron chi connectivity index (χ1n) is 9.47. The van der Waals surface area contributed by atoms with Crippen LogP contribution in [-0.4, -0.2) is 33.0 Å². The Bertz CT molecular complexity index is 1330. The van der Waals surface area contributed by atoms with Crippen LogP contribution in [0.2, 0.25) is 0 Å². The van der Waals surface area contributed by atoms with Gasteiger partial charge in [0.25, 0.3) is 5.91 Å². The summed E-state index contributed by atoms with van der Waals surface area (Å²) in [4.78, 5) is 17.2. The molecule has 1 atom stereocenters. The van der Waals surface area contributed by atoms with E-state index >= 15 is 0 Å². The van der Waals surface area contributed by atoms with E-state index in [9.17, 15) is 13.2 Å². The molecule has 4 rings (SSSR count). The van der Waals surface area contributed by atoms with Crippen LogP contribution in [0.15, 0.2) is 71.1 Å². The van der Waals surface area contributed by atoms with Crippen LogP contribution in [0.3, 0.4) is 0 Å². The maximum Gasteiger partial charge on any atom is 0.255 e. The lowest BCUT2D eigenvalue weighted by Gasteiger charge is -2.17. The molecule has 160 valence electrons. The predicted octanol–water partition coefficient (Wildman–Crippen LogP) is 3.45. The van der Waals surface area contributed by atoms with Crippen molar-refractivity contribution >= 4 is 38.2 Å². The molecule has 0 saturated carbocycles. The van der Waals surface area contributed by atoms with Crippen LogP contribution >= 0.6 is 11.3 Å². The molecule has 0 bridgehead atoms. The van der Waals surface area contributed by atoms with Crippen molar-refractivity contribution < 1.29 is 17.9 Å². The van der Waals surface area contributed by atoms with Crippen LogP contribution in [0.25, 0.3) is 10.9 Å². The number of amides is 1. The summed E-state index contributed by atoms with van der Waals surface area (Å²) in [6.07, 6.45) is 1.96. The van der Waals surface area contributed by atoms with Gasteiger partial charge < -0.3 is 15.0 Å². The number of hydrogen-bond acceptors (Lipinski definition) is 5. The summed E-state index contributed by atoms with van der Waals surface area (Å²) in [5, 5.41) is 11.2. The Kier molecular flexibility index (Phi) is 5.81. The van der Waals surface area contributed by atoms with Crippen LogP contribution < -0.4 is 15.2 Å². The number of carbonyl (C=O) groups excluding carboxylic acids is 1. The molecule has 0 aliphatic heterocycles. The van der Waals surface area contributed by atoms with E-state index in [-0.39, 0.29) is 22.1 Å². The molecule has 0 aliphatic carbocycles. The first kappa shape index (κ1) is 21.1. The second kappa shape index (κ2) is 8.54. The van der Waals surface area contributed by atoms with Crippen molar-refractivity contribution in [1.82, 2.24) is 10.3 Å². The number of methoxy groups -OCH3 is 1. The standard InChI is InChI=1S/C22H21N3O4S2/c1-29-20-9-8-14(31(23,27)28)11-16(20)22(26)25-13-18(21-7-4-10-30-21)17-12-24-19-6-3-2-5-15(17)19/h2-12,18,24H,13H2,1H3,(H,25,26)(H2,23,27,28). The number of primary sulfonamides is 1. The number of thiophene rings is 1. The van der Waals surface area contributed by atoms with E-state index in [1.54, 1.807) is 11.3 Å². The molecular weight excluding hydrogens is 434 g/mol. The largest absolute Gasteiger partial charge is 0.496 e. The van der Waals surface area contributed by atoms with E-state index in [0.717, 1.165) is 21.3 Å². The van der Waals surface area contributed by atoms with Crippen molar-refractivity contribution in [3.05, 3.63) is 82.2 Å². The molecule has 2 aromatic heterocycles. The molecule has 1 amide bonds. The van der Waals surface area contributed by atoms with Crippen LogP contribution in [0, 0.1) is 0 Å². The van der Waals surface area contributed by atoms with Gasteiger partial charge >= 0.3 is 0 Å². The molecule has 2 aromatic carbocycles. The summed E-state index contributed by atoms with van der Waals surface area (Å²) in [5.41, 5.74) is 2.20. The number of aromatic amines is 1. The van der Waals surface area contributed by atoms with Gasteiger partial charge in [0.1, 0.15) is 5.75 Å². The molecule has 0 saturated heterocycles. The van der Waals surface area contributed by atoms with E-state index in [1.165, 1.54) is 25.3 Å². The second-order valence-electron chi connectivity index (χ2n) is 6.97. The second-order valence-corrected chi connectivity index (χ2v) is 9.52. The summed E-state index contributed by atoms with van der Waals surface area (Å²) in [7, 11) is -2.53. The number of ether oxygens (including phenoxy) is 1. The molecule has 0 fully saturated rings. The maximum absolute atomic E-state index is 13.0. The average Bonchev–Trinajstić information content (AvgIpc) is 3.43. The fourth-order valence-corrected chi connectivity index (χ4v) is 4.95. The monoisotopic (exact) mass is 455 g/mol. The molecule has 7 nitrogen and oxygen atoms in total.